The molecule has 1 amide bonds. The van der Waals surface area contributed by atoms with Crippen LogP contribution in [0.5, 0.6) is 0 Å². The van der Waals surface area contributed by atoms with Crippen LogP contribution in [0.1, 0.15) is 33.2 Å². The summed E-state index contributed by atoms with van der Waals surface area (Å²) in [5, 5.41) is -0.0915. The summed E-state index contributed by atoms with van der Waals surface area (Å²) in [6.07, 6.45) is 0. The van der Waals surface area contributed by atoms with Gasteiger partial charge < -0.3 is 4.90 Å². The van der Waals surface area contributed by atoms with E-state index in [4.69, 9.17) is 0 Å². The van der Waals surface area contributed by atoms with Crippen LogP contribution in [0.3, 0.4) is 0 Å². The van der Waals surface area contributed by atoms with Gasteiger partial charge in [0, 0.05) is 6.54 Å². The van der Waals surface area contributed by atoms with Crippen molar-refractivity contribution >= 4 is 17.7 Å². The standard InChI is InChI=1S/C19H19F2NOS/c1-11-6-12(2)18(13(3)7-11)19-22(17(23)10-24-19)9-14-4-5-15(20)16(21)8-14/h4-8,19H,9-10H2,1-3H3. The number of thioether (sulfide) groups is 1. The summed E-state index contributed by atoms with van der Waals surface area (Å²) in [5.41, 5.74) is 5.22. The fourth-order valence-electron chi connectivity index (χ4n) is 3.28. The number of benzene rings is 2. The van der Waals surface area contributed by atoms with Gasteiger partial charge in [-0.1, -0.05) is 23.8 Å². The second kappa shape index (κ2) is 6.55. The van der Waals surface area contributed by atoms with Crippen molar-refractivity contribution in [3.8, 4) is 0 Å². The van der Waals surface area contributed by atoms with Gasteiger partial charge in [-0.25, -0.2) is 8.78 Å². The van der Waals surface area contributed by atoms with E-state index < -0.39 is 11.6 Å². The zero-order chi connectivity index (χ0) is 17.4. The van der Waals surface area contributed by atoms with Gasteiger partial charge in [-0.3, -0.25) is 4.79 Å². The molecule has 1 aliphatic rings. The smallest absolute Gasteiger partial charge is 0.234 e. The lowest BCUT2D eigenvalue weighted by Gasteiger charge is -2.27. The third kappa shape index (κ3) is 3.18. The van der Waals surface area contributed by atoms with Gasteiger partial charge >= 0.3 is 0 Å². The van der Waals surface area contributed by atoms with Crippen LogP contribution in [0.25, 0.3) is 0 Å². The minimum Gasteiger partial charge on any atom is -0.321 e. The summed E-state index contributed by atoms with van der Waals surface area (Å²) in [4.78, 5) is 14.1. The van der Waals surface area contributed by atoms with E-state index in [0.29, 0.717) is 11.3 Å². The van der Waals surface area contributed by atoms with E-state index in [1.165, 1.54) is 11.6 Å². The average Bonchev–Trinajstić information content (AvgIpc) is 2.84. The Bertz CT molecular complexity index is 783. The van der Waals surface area contributed by atoms with E-state index in [0.717, 1.165) is 28.8 Å². The van der Waals surface area contributed by atoms with E-state index in [1.54, 1.807) is 16.7 Å². The molecule has 0 aliphatic carbocycles. The SMILES string of the molecule is Cc1cc(C)c(C2SCC(=O)N2Cc2ccc(F)c(F)c2)c(C)c1. The molecule has 1 unspecified atom stereocenters. The molecule has 0 radical (unpaired) electrons. The number of halogens is 2. The minimum absolute atomic E-state index is 0.0223. The lowest BCUT2D eigenvalue weighted by Crippen LogP contribution is -2.28. The molecule has 2 nitrogen and oxygen atoms in total. The first kappa shape index (κ1) is 17.0. The van der Waals surface area contributed by atoms with E-state index in [9.17, 15) is 13.6 Å². The van der Waals surface area contributed by atoms with Crippen LogP contribution in [0.2, 0.25) is 0 Å². The van der Waals surface area contributed by atoms with Gasteiger partial charge in [-0.05, 0) is 55.2 Å². The number of aryl methyl sites for hydroxylation is 3. The molecule has 1 heterocycles. The normalized spacial score (nSPS) is 17.6. The molecule has 2 aromatic rings. The van der Waals surface area contributed by atoms with Crippen molar-refractivity contribution in [1.29, 1.82) is 0 Å². The topological polar surface area (TPSA) is 20.3 Å². The molecule has 1 aliphatic heterocycles. The van der Waals surface area contributed by atoms with Gasteiger partial charge in [0.15, 0.2) is 11.6 Å². The number of nitrogens with zero attached hydrogens (tertiary/aromatic N) is 1. The Labute approximate surface area is 144 Å². The van der Waals surface area contributed by atoms with Gasteiger partial charge in [-0.2, -0.15) is 0 Å². The van der Waals surface area contributed by atoms with Crippen LogP contribution in [0.4, 0.5) is 8.78 Å². The maximum atomic E-state index is 13.5. The molecule has 0 bridgehead atoms. The van der Waals surface area contributed by atoms with Gasteiger partial charge in [0.2, 0.25) is 5.91 Å². The van der Waals surface area contributed by atoms with Crippen molar-refractivity contribution in [2.24, 2.45) is 0 Å². The summed E-state index contributed by atoms with van der Waals surface area (Å²) in [5.74, 6) is -1.33. The summed E-state index contributed by atoms with van der Waals surface area (Å²) in [6.45, 7) is 6.43. The van der Waals surface area contributed by atoms with Crippen molar-refractivity contribution in [2.45, 2.75) is 32.7 Å². The monoisotopic (exact) mass is 347 g/mol. The van der Waals surface area contributed by atoms with Crippen LogP contribution >= 0.6 is 11.8 Å². The number of amides is 1. The van der Waals surface area contributed by atoms with E-state index in [1.807, 2.05) is 0 Å². The Morgan fingerprint density at radius 3 is 2.38 bits per heavy atom. The quantitative estimate of drug-likeness (QED) is 0.804. The molecule has 1 saturated heterocycles. The number of carbonyl (C=O) groups is 1. The van der Waals surface area contributed by atoms with Crippen molar-refractivity contribution < 1.29 is 13.6 Å². The maximum absolute atomic E-state index is 13.5. The first-order valence-electron chi connectivity index (χ1n) is 7.79. The van der Waals surface area contributed by atoms with Crippen LogP contribution in [-0.4, -0.2) is 16.6 Å². The Morgan fingerprint density at radius 1 is 1.08 bits per heavy atom. The second-order valence-corrected chi connectivity index (χ2v) is 7.31. The predicted molar refractivity (Wildman–Crippen MR) is 92.8 cm³/mol. The Hall–Kier alpha value is -1.88. The summed E-state index contributed by atoms with van der Waals surface area (Å²) < 4.78 is 26.6. The van der Waals surface area contributed by atoms with Crippen molar-refractivity contribution in [3.05, 3.63) is 69.8 Å². The molecule has 24 heavy (non-hydrogen) atoms. The zero-order valence-electron chi connectivity index (χ0n) is 13.9. The molecule has 1 fully saturated rings. The lowest BCUT2D eigenvalue weighted by atomic mass is 9.99. The second-order valence-electron chi connectivity index (χ2n) is 6.25. The van der Waals surface area contributed by atoms with E-state index in [2.05, 4.69) is 32.9 Å². The highest BCUT2D eigenvalue weighted by Crippen LogP contribution is 2.42. The molecule has 3 rings (SSSR count). The van der Waals surface area contributed by atoms with Crippen molar-refractivity contribution in [3.63, 3.8) is 0 Å². The third-order valence-electron chi connectivity index (χ3n) is 4.29. The highest BCUT2D eigenvalue weighted by atomic mass is 32.2. The number of carbonyl (C=O) groups excluding carboxylic acids is 1. The molecule has 2 aromatic carbocycles. The molecule has 0 aromatic heterocycles. The number of rotatable bonds is 3. The largest absolute Gasteiger partial charge is 0.321 e. The zero-order valence-corrected chi connectivity index (χ0v) is 14.7. The van der Waals surface area contributed by atoms with Crippen molar-refractivity contribution in [2.75, 3.05) is 5.75 Å². The highest BCUT2D eigenvalue weighted by Gasteiger charge is 2.34. The molecule has 0 N–H and O–H groups in total. The first-order chi connectivity index (χ1) is 11.4. The van der Waals surface area contributed by atoms with Crippen LogP contribution in [0.15, 0.2) is 30.3 Å². The van der Waals surface area contributed by atoms with Crippen molar-refractivity contribution in [1.82, 2.24) is 4.90 Å². The summed E-state index contributed by atoms with van der Waals surface area (Å²) >= 11 is 1.58. The minimum atomic E-state index is -0.883. The number of hydrogen-bond acceptors (Lipinski definition) is 2. The number of hydrogen-bond donors (Lipinski definition) is 0. The van der Waals surface area contributed by atoms with Gasteiger partial charge in [0.25, 0.3) is 0 Å². The molecule has 5 heteroatoms. The van der Waals surface area contributed by atoms with Crippen LogP contribution in [-0.2, 0) is 11.3 Å². The summed E-state index contributed by atoms with van der Waals surface area (Å²) in [7, 11) is 0. The molecule has 0 spiro atoms. The van der Waals surface area contributed by atoms with Gasteiger partial charge in [0.05, 0.1) is 5.75 Å². The Kier molecular flexibility index (Phi) is 4.63. The molecule has 126 valence electrons. The van der Waals surface area contributed by atoms with Crippen LogP contribution < -0.4 is 0 Å². The maximum Gasteiger partial charge on any atom is 0.234 e. The average molecular weight is 347 g/mol. The Morgan fingerprint density at radius 2 is 1.75 bits per heavy atom. The third-order valence-corrected chi connectivity index (χ3v) is 5.51. The highest BCUT2D eigenvalue weighted by molar-refractivity contribution is 8.00. The fraction of sp³-hybridized carbons (Fsp3) is 0.316. The first-order valence-corrected chi connectivity index (χ1v) is 8.84. The molecule has 1 atom stereocenters. The van der Waals surface area contributed by atoms with Gasteiger partial charge in [0.1, 0.15) is 5.37 Å². The van der Waals surface area contributed by atoms with Gasteiger partial charge in [-0.15, -0.1) is 11.8 Å². The predicted octanol–water partition coefficient (Wildman–Crippen LogP) is 4.66. The van der Waals surface area contributed by atoms with E-state index >= 15 is 0 Å². The Balaban J connectivity index is 1.94. The van der Waals surface area contributed by atoms with Crippen LogP contribution in [0, 0.1) is 32.4 Å². The van der Waals surface area contributed by atoms with E-state index in [-0.39, 0.29) is 17.8 Å². The molecule has 0 saturated carbocycles. The molecular weight excluding hydrogens is 328 g/mol. The molecular formula is C19H19F2NOS. The summed E-state index contributed by atoms with van der Waals surface area (Å²) in [6, 6.07) is 8.02. The fourth-order valence-corrected chi connectivity index (χ4v) is 4.66. The lowest BCUT2D eigenvalue weighted by molar-refractivity contribution is -0.128.